The molecule has 1 amide bonds. The number of aliphatic hydroxyl groups is 1. The molecule has 0 aliphatic heterocycles. The number of β-amino-alcohol motifs (C(OH)–C–C–N with tert-alkyl or cyclic N) is 1. The van der Waals surface area contributed by atoms with E-state index >= 15 is 0 Å². The van der Waals surface area contributed by atoms with Gasteiger partial charge in [-0.05, 0) is 45.4 Å². The minimum atomic E-state index is -0.883. The number of carbonyl (C=O) groups excluding carboxylic acids is 1. The Bertz CT molecular complexity index is 600. The maximum atomic E-state index is 11.8. The first-order chi connectivity index (χ1) is 12.5. The number of ether oxygens (including phenoxy) is 1. The molecule has 2 atom stereocenters. The normalized spacial score (nSPS) is 13.5. The largest absolute Gasteiger partial charge is 0.491 e. The number of benzene rings is 1. The van der Waals surface area contributed by atoms with Crippen LogP contribution in [0.2, 0.25) is 0 Å². The predicted octanol–water partition coefficient (Wildman–Crippen LogP) is 1.07. The van der Waals surface area contributed by atoms with Crippen molar-refractivity contribution in [3.63, 3.8) is 0 Å². The van der Waals surface area contributed by atoms with Gasteiger partial charge in [0, 0.05) is 18.6 Å². The molecule has 0 aliphatic rings. The number of rotatable bonds is 11. The lowest BCUT2D eigenvalue weighted by Crippen LogP contribution is -2.42. The molecule has 0 saturated heterocycles. The fourth-order valence-electron chi connectivity index (χ4n) is 2.07. The lowest BCUT2D eigenvalue weighted by molar-refractivity contribution is -0.767. The molecule has 0 heterocycles. The average Bonchev–Trinajstić information content (AvgIpc) is 2.56. The lowest BCUT2D eigenvalue weighted by Gasteiger charge is -2.23. The van der Waals surface area contributed by atoms with Crippen molar-refractivity contribution in [1.82, 2.24) is 10.6 Å². The second-order valence-corrected chi connectivity index (χ2v) is 7.36. The van der Waals surface area contributed by atoms with E-state index in [9.17, 15) is 20.0 Å². The van der Waals surface area contributed by atoms with Gasteiger partial charge in [-0.25, -0.2) is 0 Å². The molecule has 1 aromatic carbocycles. The topological polar surface area (TPSA) is 123 Å². The Hall–Kier alpha value is -2.39. The first kappa shape index (κ1) is 22.7. The van der Waals surface area contributed by atoms with Gasteiger partial charge >= 0.3 is 0 Å². The number of nitrogens with one attached hydrogen (secondary N) is 2. The van der Waals surface area contributed by atoms with Crippen LogP contribution in [0, 0.1) is 10.1 Å². The molecule has 0 aliphatic carbocycles. The van der Waals surface area contributed by atoms with Gasteiger partial charge in [0.05, 0.1) is 6.42 Å². The monoisotopic (exact) mass is 383 g/mol. The molecule has 9 heteroatoms. The van der Waals surface area contributed by atoms with E-state index in [1.807, 2.05) is 20.8 Å². The zero-order chi connectivity index (χ0) is 20.4. The first-order valence-electron chi connectivity index (χ1n) is 8.78. The third kappa shape index (κ3) is 11.0. The van der Waals surface area contributed by atoms with Crippen molar-refractivity contribution >= 4 is 5.91 Å². The Morgan fingerprint density at radius 2 is 1.89 bits per heavy atom. The molecule has 3 N–H and O–H groups in total. The number of nitrogens with zero attached hydrogens (tertiary/aromatic N) is 1. The highest BCUT2D eigenvalue weighted by Gasteiger charge is 2.13. The summed E-state index contributed by atoms with van der Waals surface area (Å²) in [6.45, 7) is 8.21. The smallest absolute Gasteiger partial charge is 0.294 e. The molecule has 152 valence electrons. The summed E-state index contributed by atoms with van der Waals surface area (Å²) in [5, 5.41) is 25.0. The van der Waals surface area contributed by atoms with E-state index in [4.69, 9.17) is 4.74 Å². The van der Waals surface area contributed by atoms with Crippen LogP contribution < -0.4 is 15.4 Å². The fourth-order valence-corrected chi connectivity index (χ4v) is 2.07. The van der Waals surface area contributed by atoms with Crippen molar-refractivity contribution in [3.05, 3.63) is 39.9 Å². The molecule has 27 heavy (non-hydrogen) atoms. The Morgan fingerprint density at radius 3 is 2.44 bits per heavy atom. The van der Waals surface area contributed by atoms with Crippen LogP contribution in [-0.2, 0) is 16.1 Å². The number of amides is 1. The molecule has 2 unspecified atom stereocenters. The predicted molar refractivity (Wildman–Crippen MR) is 100.0 cm³/mol. The number of hydrogen-bond donors (Lipinski definition) is 3. The van der Waals surface area contributed by atoms with Crippen LogP contribution in [-0.4, -0.2) is 53.5 Å². The highest BCUT2D eigenvalue weighted by molar-refractivity contribution is 5.78. The second kappa shape index (κ2) is 10.7. The van der Waals surface area contributed by atoms with Gasteiger partial charge in [-0.2, -0.15) is 0 Å². The Kier molecular flexibility index (Phi) is 8.96. The van der Waals surface area contributed by atoms with Crippen LogP contribution in [0.4, 0.5) is 0 Å². The van der Waals surface area contributed by atoms with Crippen molar-refractivity contribution < 1.29 is 24.6 Å². The lowest BCUT2D eigenvalue weighted by atomic mass is 10.1. The molecule has 0 spiro atoms. The summed E-state index contributed by atoms with van der Waals surface area (Å²) in [7, 11) is 0. The Balaban J connectivity index is 2.34. The zero-order valence-electron chi connectivity index (χ0n) is 16.2. The molecule has 0 aromatic heterocycles. The number of carbonyl (C=O) groups is 1. The number of aliphatic hydroxyl groups excluding tert-OH is 1. The van der Waals surface area contributed by atoms with Gasteiger partial charge in [0.15, 0.2) is 0 Å². The summed E-state index contributed by atoms with van der Waals surface area (Å²) >= 11 is 0. The third-order valence-corrected chi connectivity index (χ3v) is 3.45. The minimum Gasteiger partial charge on any atom is -0.491 e. The molecule has 0 saturated carbocycles. The van der Waals surface area contributed by atoms with E-state index in [2.05, 4.69) is 15.5 Å². The third-order valence-electron chi connectivity index (χ3n) is 3.45. The van der Waals surface area contributed by atoms with Gasteiger partial charge in [0.1, 0.15) is 24.6 Å². The van der Waals surface area contributed by atoms with Crippen LogP contribution in [0.1, 0.15) is 33.3 Å². The van der Waals surface area contributed by atoms with Crippen molar-refractivity contribution in [2.75, 3.05) is 19.7 Å². The summed E-state index contributed by atoms with van der Waals surface area (Å²) < 4.78 is 5.54. The van der Waals surface area contributed by atoms with Crippen LogP contribution >= 0.6 is 0 Å². The van der Waals surface area contributed by atoms with Crippen LogP contribution in [0.5, 0.6) is 5.75 Å². The molecule has 1 rings (SSSR count). The van der Waals surface area contributed by atoms with E-state index in [0.29, 0.717) is 12.3 Å². The van der Waals surface area contributed by atoms with E-state index in [1.165, 1.54) is 6.92 Å². The first-order valence-corrected chi connectivity index (χ1v) is 8.78. The standard InChI is InChI=1S/C18H29N3O6/c1-13(27-21(24)25)10-19-17(23)9-14-5-7-16(8-6-14)26-12-15(22)11-20-18(2,3)4/h5-8,13,15,20,22H,9-12H2,1-4H3,(H,19,23). The average molecular weight is 383 g/mol. The van der Waals surface area contributed by atoms with Crippen molar-refractivity contribution in [3.8, 4) is 5.75 Å². The summed E-state index contributed by atoms with van der Waals surface area (Å²) in [5.41, 5.74) is 0.703. The SMILES string of the molecule is CC(CNC(=O)Cc1ccc(OCC(O)CNC(C)(C)C)cc1)O[N+](=O)[O-]. The van der Waals surface area contributed by atoms with Crippen molar-refractivity contribution in [2.45, 2.75) is 51.9 Å². The van der Waals surface area contributed by atoms with Crippen LogP contribution in [0.3, 0.4) is 0 Å². The maximum absolute atomic E-state index is 11.8. The molecular weight excluding hydrogens is 354 g/mol. The highest BCUT2D eigenvalue weighted by Crippen LogP contribution is 2.13. The number of hydrogen-bond acceptors (Lipinski definition) is 7. The molecule has 0 radical (unpaired) electrons. The summed E-state index contributed by atoms with van der Waals surface area (Å²) in [5.74, 6) is 0.341. The quantitative estimate of drug-likeness (QED) is 0.386. The van der Waals surface area contributed by atoms with E-state index in [0.717, 1.165) is 5.56 Å². The fraction of sp³-hybridized carbons (Fsp3) is 0.611. The molecular formula is C18H29N3O6. The van der Waals surface area contributed by atoms with Gasteiger partial charge in [-0.3, -0.25) is 4.79 Å². The summed E-state index contributed by atoms with van der Waals surface area (Å²) in [4.78, 5) is 26.4. The van der Waals surface area contributed by atoms with Gasteiger partial charge in [0.2, 0.25) is 5.91 Å². The highest BCUT2D eigenvalue weighted by atomic mass is 17.0. The van der Waals surface area contributed by atoms with E-state index in [1.54, 1.807) is 24.3 Å². The van der Waals surface area contributed by atoms with Crippen molar-refractivity contribution in [1.29, 1.82) is 0 Å². The maximum Gasteiger partial charge on any atom is 0.294 e. The summed E-state index contributed by atoms with van der Waals surface area (Å²) in [6.07, 6.45) is -1.19. The molecule has 0 fully saturated rings. The molecule has 0 bridgehead atoms. The molecule has 1 aromatic rings. The second-order valence-electron chi connectivity index (χ2n) is 7.36. The van der Waals surface area contributed by atoms with Crippen molar-refractivity contribution in [2.24, 2.45) is 0 Å². The Labute approximate surface area is 159 Å². The summed E-state index contributed by atoms with van der Waals surface area (Å²) in [6, 6.07) is 6.97. The van der Waals surface area contributed by atoms with E-state index in [-0.39, 0.29) is 31.0 Å². The van der Waals surface area contributed by atoms with Crippen LogP contribution in [0.15, 0.2) is 24.3 Å². The minimum absolute atomic E-state index is 0.0570. The van der Waals surface area contributed by atoms with Gasteiger partial charge < -0.3 is 25.3 Å². The van der Waals surface area contributed by atoms with E-state index < -0.39 is 17.3 Å². The Morgan fingerprint density at radius 1 is 1.26 bits per heavy atom. The zero-order valence-corrected chi connectivity index (χ0v) is 16.2. The van der Waals surface area contributed by atoms with Gasteiger partial charge in [0.25, 0.3) is 5.09 Å². The molecule has 9 nitrogen and oxygen atoms in total. The van der Waals surface area contributed by atoms with Gasteiger partial charge in [-0.15, -0.1) is 10.1 Å². The van der Waals surface area contributed by atoms with Crippen LogP contribution in [0.25, 0.3) is 0 Å². The van der Waals surface area contributed by atoms with Gasteiger partial charge in [-0.1, -0.05) is 12.1 Å².